The van der Waals surface area contributed by atoms with E-state index in [0.717, 1.165) is 0 Å². The van der Waals surface area contributed by atoms with Crippen LogP contribution >= 0.6 is 0 Å². The Hall–Kier alpha value is -2.33. The minimum absolute atomic E-state index is 0.273. The largest absolute Gasteiger partial charge is 0.339 e. The quantitative estimate of drug-likeness (QED) is 0.298. The molecule has 0 fully saturated rings. The molecule has 0 saturated carbocycles. The van der Waals surface area contributed by atoms with Crippen molar-refractivity contribution >= 4 is 17.1 Å². The van der Waals surface area contributed by atoms with Gasteiger partial charge in [0.2, 0.25) is 5.95 Å². The summed E-state index contributed by atoms with van der Waals surface area (Å²) in [4.78, 5) is 24.5. The molecule has 0 amide bonds. The summed E-state index contributed by atoms with van der Waals surface area (Å²) in [6.07, 6.45) is 6.44. The average Bonchev–Trinajstić information content (AvgIpc) is 2.66. The third kappa shape index (κ3) is 1.79. The van der Waals surface area contributed by atoms with Crippen LogP contribution in [0.2, 0.25) is 0 Å². The Labute approximate surface area is 84.3 Å². The van der Waals surface area contributed by atoms with Crippen LogP contribution < -0.4 is 16.4 Å². The Morgan fingerprint density at radius 1 is 1.60 bits per heavy atom. The third-order valence-electron chi connectivity index (χ3n) is 1.69. The maximum Gasteiger partial charge on any atom is 0.278 e. The monoisotopic (exact) mass is 204 g/mol. The number of nitrogens with zero attached hydrogens (tertiary/aromatic N) is 2. The smallest absolute Gasteiger partial charge is 0.278 e. The fraction of sp³-hybridized carbons (Fsp3) is 0.125. The molecule has 0 saturated heterocycles. The van der Waals surface area contributed by atoms with Gasteiger partial charge in [-0.3, -0.25) is 15.2 Å². The highest BCUT2D eigenvalue weighted by Gasteiger charge is 2.04. The fourth-order valence-electron chi connectivity index (χ4n) is 1.08. The molecule has 0 spiro atoms. The van der Waals surface area contributed by atoms with Crippen molar-refractivity contribution in [1.29, 1.82) is 0 Å². The van der Waals surface area contributed by atoms with Crippen molar-refractivity contribution in [3.05, 3.63) is 16.7 Å². The van der Waals surface area contributed by atoms with Gasteiger partial charge < -0.3 is 4.98 Å². The molecule has 0 unspecified atom stereocenters. The highest BCUT2D eigenvalue weighted by molar-refractivity contribution is 5.69. The molecule has 2 aromatic rings. The molecule has 0 bridgehead atoms. The van der Waals surface area contributed by atoms with Crippen LogP contribution in [0, 0.1) is 12.3 Å². The Kier molecular flexibility index (Phi) is 2.35. The molecule has 2 heterocycles. The van der Waals surface area contributed by atoms with Crippen LogP contribution in [0.4, 0.5) is 5.95 Å². The van der Waals surface area contributed by atoms with Gasteiger partial charge in [0.25, 0.3) is 5.56 Å². The van der Waals surface area contributed by atoms with E-state index in [4.69, 9.17) is 6.42 Å². The van der Waals surface area contributed by atoms with E-state index in [0.29, 0.717) is 17.7 Å². The van der Waals surface area contributed by atoms with Gasteiger partial charge in [0.15, 0.2) is 11.2 Å². The van der Waals surface area contributed by atoms with Crippen molar-refractivity contribution in [3.8, 4) is 12.3 Å². The van der Waals surface area contributed by atoms with Crippen molar-refractivity contribution in [1.82, 2.24) is 25.4 Å². The molecular weight excluding hydrogens is 196 g/mol. The average molecular weight is 204 g/mol. The van der Waals surface area contributed by atoms with Crippen molar-refractivity contribution in [2.24, 2.45) is 0 Å². The molecule has 0 aliphatic carbocycles. The number of hydrogen-bond acceptors (Lipinski definition) is 5. The molecule has 0 radical (unpaired) electrons. The number of fused-ring (bicyclic) bond motifs is 1. The molecule has 2 aromatic heterocycles. The van der Waals surface area contributed by atoms with E-state index in [-0.39, 0.29) is 11.5 Å². The molecule has 0 aliphatic rings. The van der Waals surface area contributed by atoms with E-state index in [1.807, 2.05) is 0 Å². The zero-order valence-corrected chi connectivity index (χ0v) is 7.66. The second-order valence-electron chi connectivity index (χ2n) is 2.70. The number of nitrogens with one attached hydrogen (secondary N) is 4. The molecule has 0 aromatic carbocycles. The number of H-pyrrole nitrogens is 2. The first-order valence-electron chi connectivity index (χ1n) is 4.17. The van der Waals surface area contributed by atoms with Gasteiger partial charge in [-0.15, -0.1) is 6.42 Å². The molecule has 2 rings (SSSR count). The summed E-state index contributed by atoms with van der Waals surface area (Å²) >= 11 is 0. The molecular formula is C8H8N6O. The van der Waals surface area contributed by atoms with Crippen molar-refractivity contribution < 1.29 is 0 Å². The SMILES string of the molecule is C#CCNNc1nc2nc[nH]c2c(=O)[nH]1. The van der Waals surface area contributed by atoms with Gasteiger partial charge >= 0.3 is 0 Å². The zero-order valence-electron chi connectivity index (χ0n) is 7.66. The normalized spacial score (nSPS) is 10.1. The lowest BCUT2D eigenvalue weighted by molar-refractivity contribution is 0.882. The van der Waals surface area contributed by atoms with Gasteiger partial charge in [-0.2, -0.15) is 4.98 Å². The molecule has 76 valence electrons. The molecule has 15 heavy (non-hydrogen) atoms. The Morgan fingerprint density at radius 3 is 3.27 bits per heavy atom. The number of anilines is 1. The summed E-state index contributed by atoms with van der Waals surface area (Å²) in [6.45, 7) is 0.322. The van der Waals surface area contributed by atoms with Gasteiger partial charge in [-0.25, -0.2) is 10.4 Å². The van der Waals surface area contributed by atoms with Gasteiger partial charge in [-0.05, 0) is 0 Å². The first kappa shape index (κ1) is 9.23. The number of hydrazine groups is 1. The summed E-state index contributed by atoms with van der Waals surface area (Å²) in [5.41, 5.74) is 5.74. The zero-order chi connectivity index (χ0) is 10.7. The van der Waals surface area contributed by atoms with Crippen LogP contribution in [0.15, 0.2) is 11.1 Å². The predicted molar refractivity (Wildman–Crippen MR) is 55.0 cm³/mol. The number of aromatic amines is 2. The summed E-state index contributed by atoms with van der Waals surface area (Å²) < 4.78 is 0. The van der Waals surface area contributed by atoms with E-state index in [2.05, 4.69) is 36.7 Å². The summed E-state index contributed by atoms with van der Waals surface area (Å²) in [7, 11) is 0. The first-order valence-corrected chi connectivity index (χ1v) is 4.17. The maximum atomic E-state index is 11.4. The Balaban J connectivity index is 2.30. The van der Waals surface area contributed by atoms with Gasteiger partial charge in [0.05, 0.1) is 12.9 Å². The van der Waals surface area contributed by atoms with E-state index in [9.17, 15) is 4.79 Å². The predicted octanol–water partition coefficient (Wildman–Crippen LogP) is -0.804. The fourth-order valence-corrected chi connectivity index (χ4v) is 1.08. The second-order valence-corrected chi connectivity index (χ2v) is 2.70. The topological polar surface area (TPSA) is 98.5 Å². The second kappa shape index (κ2) is 3.81. The number of aromatic nitrogens is 4. The van der Waals surface area contributed by atoms with Crippen LogP contribution in [0.25, 0.3) is 11.2 Å². The summed E-state index contributed by atoms with van der Waals surface area (Å²) in [5, 5.41) is 0. The minimum Gasteiger partial charge on any atom is -0.339 e. The van der Waals surface area contributed by atoms with Crippen molar-refractivity contribution in [3.63, 3.8) is 0 Å². The van der Waals surface area contributed by atoms with E-state index in [1.54, 1.807) is 0 Å². The number of rotatable bonds is 3. The minimum atomic E-state index is -0.289. The van der Waals surface area contributed by atoms with Crippen molar-refractivity contribution in [2.75, 3.05) is 12.0 Å². The van der Waals surface area contributed by atoms with Crippen molar-refractivity contribution in [2.45, 2.75) is 0 Å². The van der Waals surface area contributed by atoms with Crippen LogP contribution in [-0.4, -0.2) is 26.5 Å². The van der Waals surface area contributed by atoms with E-state index >= 15 is 0 Å². The van der Waals surface area contributed by atoms with Crippen LogP contribution in [-0.2, 0) is 0 Å². The molecule has 0 aliphatic heterocycles. The molecule has 0 atom stereocenters. The molecule has 7 nitrogen and oxygen atoms in total. The first-order chi connectivity index (χ1) is 7.31. The highest BCUT2D eigenvalue weighted by atomic mass is 16.1. The van der Waals surface area contributed by atoms with Crippen LogP contribution in [0.3, 0.4) is 0 Å². The van der Waals surface area contributed by atoms with E-state index < -0.39 is 0 Å². The maximum absolute atomic E-state index is 11.4. The van der Waals surface area contributed by atoms with Gasteiger partial charge in [0, 0.05) is 0 Å². The summed E-state index contributed by atoms with van der Waals surface area (Å²) in [5.74, 6) is 2.64. The Bertz CT molecular complexity index is 562. The standard InChI is InChI=1S/C8H8N6O/c1-2-3-11-14-8-12-6-5(7(15)13-8)9-4-10-6/h1,4,11H,3H2,(H3,9,10,12,13,14,15). The summed E-state index contributed by atoms with van der Waals surface area (Å²) in [6, 6.07) is 0. The highest BCUT2D eigenvalue weighted by Crippen LogP contribution is 2.01. The number of hydrogen-bond donors (Lipinski definition) is 4. The molecule has 7 heteroatoms. The lowest BCUT2D eigenvalue weighted by atomic mass is 10.5. The lowest BCUT2D eigenvalue weighted by Crippen LogP contribution is -2.25. The van der Waals surface area contributed by atoms with E-state index in [1.165, 1.54) is 6.33 Å². The third-order valence-corrected chi connectivity index (χ3v) is 1.69. The van der Waals surface area contributed by atoms with Crippen LogP contribution in [0.1, 0.15) is 0 Å². The number of terminal acetylenes is 1. The lowest BCUT2D eigenvalue weighted by Gasteiger charge is -2.02. The van der Waals surface area contributed by atoms with Gasteiger partial charge in [0.1, 0.15) is 0 Å². The Morgan fingerprint density at radius 2 is 2.47 bits per heavy atom. The molecule has 4 N–H and O–H groups in total. The van der Waals surface area contributed by atoms with Gasteiger partial charge in [-0.1, -0.05) is 5.92 Å². The number of imidazole rings is 1. The van der Waals surface area contributed by atoms with Crippen LogP contribution in [0.5, 0.6) is 0 Å².